The number of aromatic nitrogens is 1. The Bertz CT molecular complexity index is 549. The second-order valence-corrected chi connectivity index (χ2v) is 5.71. The molecule has 2 aliphatic heterocycles. The minimum absolute atomic E-state index is 0.0950. The zero-order valence-electron chi connectivity index (χ0n) is 11.7. The van der Waals surface area contributed by atoms with Crippen LogP contribution in [0.5, 0.6) is 0 Å². The largest absolute Gasteiger partial charge is 0.401 e. The van der Waals surface area contributed by atoms with Crippen molar-refractivity contribution >= 4 is 11.5 Å². The highest BCUT2D eigenvalue weighted by Crippen LogP contribution is 2.34. The van der Waals surface area contributed by atoms with E-state index in [1.165, 1.54) is 17.2 Å². The Balaban J connectivity index is 1.71. The molecule has 0 aromatic carbocycles. The Labute approximate surface area is 124 Å². The van der Waals surface area contributed by atoms with Crippen LogP contribution in [0.4, 0.5) is 24.7 Å². The van der Waals surface area contributed by atoms with Crippen LogP contribution in [0.15, 0.2) is 18.3 Å². The van der Waals surface area contributed by atoms with Crippen LogP contribution >= 0.6 is 0 Å². The maximum atomic E-state index is 12.6. The van der Waals surface area contributed by atoms with E-state index < -0.39 is 17.6 Å². The lowest BCUT2D eigenvalue weighted by Gasteiger charge is -2.41. The zero-order valence-corrected chi connectivity index (χ0v) is 11.7. The number of nitrogens with zero attached hydrogens (tertiary/aromatic N) is 4. The molecule has 2 saturated heterocycles. The van der Waals surface area contributed by atoms with Crippen molar-refractivity contribution in [3.63, 3.8) is 0 Å². The molecule has 1 aromatic rings. The second kappa shape index (κ2) is 5.38. The predicted octanol–water partition coefficient (Wildman–Crippen LogP) is 2.21. The smallest absolute Gasteiger partial charge is 0.353 e. The number of hydrogen-bond acceptors (Lipinski definition) is 5. The molecule has 22 heavy (non-hydrogen) atoms. The number of hydrogen-bond donors (Lipinski definition) is 0. The molecule has 2 aliphatic rings. The number of fused-ring (bicyclic) bond motifs is 2. The summed E-state index contributed by atoms with van der Waals surface area (Å²) in [5.41, 5.74) is -0.0950. The lowest BCUT2D eigenvalue weighted by molar-refractivity contribution is -0.385. The fraction of sp³-hybridized carbons (Fsp3) is 0.615. The molecular weight excluding hydrogens is 301 g/mol. The normalized spacial score (nSPS) is 25.5. The van der Waals surface area contributed by atoms with Crippen molar-refractivity contribution in [2.45, 2.75) is 31.1 Å². The van der Waals surface area contributed by atoms with Gasteiger partial charge in [-0.25, -0.2) is 4.98 Å². The molecule has 2 bridgehead atoms. The van der Waals surface area contributed by atoms with Crippen LogP contribution < -0.4 is 4.90 Å². The van der Waals surface area contributed by atoms with Crippen molar-refractivity contribution in [2.24, 2.45) is 0 Å². The van der Waals surface area contributed by atoms with Crippen LogP contribution in [0.1, 0.15) is 12.8 Å². The molecule has 2 atom stereocenters. The summed E-state index contributed by atoms with van der Waals surface area (Å²) in [6.45, 7) is 0.0681. The van der Waals surface area contributed by atoms with Gasteiger partial charge in [0.25, 0.3) is 5.69 Å². The molecular formula is C13H15F3N4O2. The monoisotopic (exact) mass is 316 g/mol. The molecule has 6 nitrogen and oxygen atoms in total. The minimum Gasteiger partial charge on any atom is -0.353 e. The van der Waals surface area contributed by atoms with Crippen molar-refractivity contribution in [3.8, 4) is 0 Å². The van der Waals surface area contributed by atoms with Gasteiger partial charge in [-0.15, -0.1) is 0 Å². The number of pyridine rings is 1. The van der Waals surface area contributed by atoms with E-state index in [1.807, 2.05) is 4.90 Å². The maximum absolute atomic E-state index is 12.6. The number of nitro groups is 1. The molecule has 0 aliphatic carbocycles. The van der Waals surface area contributed by atoms with Gasteiger partial charge in [0.05, 0.1) is 11.5 Å². The van der Waals surface area contributed by atoms with Crippen molar-refractivity contribution < 1.29 is 18.1 Å². The van der Waals surface area contributed by atoms with Crippen LogP contribution in [0.2, 0.25) is 0 Å². The Morgan fingerprint density at radius 3 is 2.36 bits per heavy atom. The molecule has 0 radical (unpaired) electrons. The van der Waals surface area contributed by atoms with Gasteiger partial charge in [-0.3, -0.25) is 15.0 Å². The molecule has 1 aromatic heterocycles. The number of piperazine rings is 1. The lowest BCUT2D eigenvalue weighted by Crippen LogP contribution is -2.56. The summed E-state index contributed by atoms with van der Waals surface area (Å²) in [6, 6.07) is 2.64. The highest BCUT2D eigenvalue weighted by atomic mass is 19.4. The molecule has 0 amide bonds. The average Bonchev–Trinajstić information content (AvgIpc) is 2.68. The topological polar surface area (TPSA) is 62.5 Å². The van der Waals surface area contributed by atoms with Gasteiger partial charge in [0, 0.05) is 31.2 Å². The molecule has 2 unspecified atom stereocenters. The maximum Gasteiger partial charge on any atom is 0.401 e. The summed E-state index contributed by atoms with van der Waals surface area (Å²) in [7, 11) is 0. The Hall–Kier alpha value is -1.90. The van der Waals surface area contributed by atoms with E-state index >= 15 is 0 Å². The van der Waals surface area contributed by atoms with Gasteiger partial charge in [-0.1, -0.05) is 0 Å². The Morgan fingerprint density at radius 2 is 1.91 bits per heavy atom. The minimum atomic E-state index is -4.19. The first kappa shape index (κ1) is 15.0. The number of alkyl halides is 3. The predicted molar refractivity (Wildman–Crippen MR) is 72.7 cm³/mol. The first-order chi connectivity index (χ1) is 10.3. The Morgan fingerprint density at radius 1 is 1.27 bits per heavy atom. The summed E-state index contributed by atoms with van der Waals surface area (Å²) in [4.78, 5) is 17.6. The summed E-state index contributed by atoms with van der Waals surface area (Å²) < 4.78 is 37.9. The van der Waals surface area contributed by atoms with Crippen LogP contribution in [0, 0.1) is 10.1 Å². The molecule has 3 heterocycles. The van der Waals surface area contributed by atoms with Crippen molar-refractivity contribution in [1.82, 2.24) is 9.88 Å². The molecule has 9 heteroatoms. The highest BCUT2D eigenvalue weighted by molar-refractivity contribution is 5.44. The highest BCUT2D eigenvalue weighted by Gasteiger charge is 2.45. The Kier molecular flexibility index (Phi) is 3.67. The third-order valence-electron chi connectivity index (χ3n) is 4.26. The van der Waals surface area contributed by atoms with Crippen molar-refractivity contribution in [2.75, 3.05) is 24.5 Å². The standard InChI is InChI=1S/C13H15F3N4O2/c14-13(15,16)8-19-10-1-2-11(19)7-18(6-10)12-4-3-9(5-17-12)20(21)22/h3-5,10-11H,1-2,6-8H2. The quantitative estimate of drug-likeness (QED) is 0.632. The van der Waals surface area contributed by atoms with Crippen LogP contribution in [0.3, 0.4) is 0 Å². The SMILES string of the molecule is O=[N+]([O-])c1ccc(N2CC3CCC(C2)N3CC(F)(F)F)nc1. The summed E-state index contributed by atoms with van der Waals surface area (Å²) >= 11 is 0. The van der Waals surface area contributed by atoms with E-state index in [2.05, 4.69) is 4.98 Å². The molecule has 0 N–H and O–H groups in total. The number of halogens is 3. The van der Waals surface area contributed by atoms with Crippen LogP contribution in [-0.2, 0) is 0 Å². The molecule has 0 saturated carbocycles. The number of rotatable bonds is 3. The second-order valence-electron chi connectivity index (χ2n) is 5.71. The molecule has 2 fully saturated rings. The zero-order chi connectivity index (χ0) is 15.9. The van der Waals surface area contributed by atoms with Gasteiger partial charge in [0.2, 0.25) is 0 Å². The summed E-state index contributed by atoms with van der Waals surface area (Å²) in [5, 5.41) is 10.6. The van der Waals surface area contributed by atoms with Gasteiger partial charge in [-0.05, 0) is 18.9 Å². The molecule has 3 rings (SSSR count). The van der Waals surface area contributed by atoms with E-state index in [-0.39, 0.29) is 17.8 Å². The summed E-state index contributed by atoms with van der Waals surface area (Å²) in [6.07, 6.45) is -1.53. The summed E-state index contributed by atoms with van der Waals surface area (Å²) in [5.74, 6) is 0.578. The average molecular weight is 316 g/mol. The van der Waals surface area contributed by atoms with Crippen LogP contribution in [0.25, 0.3) is 0 Å². The molecule has 120 valence electrons. The fourth-order valence-electron chi connectivity index (χ4n) is 3.32. The van der Waals surface area contributed by atoms with Gasteiger partial charge >= 0.3 is 6.18 Å². The fourth-order valence-corrected chi connectivity index (χ4v) is 3.32. The van der Waals surface area contributed by atoms with E-state index in [0.29, 0.717) is 18.9 Å². The van der Waals surface area contributed by atoms with E-state index in [9.17, 15) is 23.3 Å². The van der Waals surface area contributed by atoms with Gasteiger partial charge in [0.1, 0.15) is 12.0 Å². The van der Waals surface area contributed by atoms with Gasteiger partial charge in [0.15, 0.2) is 0 Å². The van der Waals surface area contributed by atoms with Gasteiger partial charge in [-0.2, -0.15) is 13.2 Å². The van der Waals surface area contributed by atoms with E-state index in [0.717, 1.165) is 12.8 Å². The van der Waals surface area contributed by atoms with E-state index in [4.69, 9.17) is 0 Å². The van der Waals surface area contributed by atoms with Crippen LogP contribution in [-0.4, -0.2) is 52.7 Å². The lowest BCUT2D eigenvalue weighted by atomic mass is 10.2. The third-order valence-corrected chi connectivity index (χ3v) is 4.26. The van der Waals surface area contributed by atoms with E-state index in [1.54, 1.807) is 6.07 Å². The van der Waals surface area contributed by atoms with Crippen molar-refractivity contribution in [3.05, 3.63) is 28.4 Å². The van der Waals surface area contributed by atoms with Crippen molar-refractivity contribution in [1.29, 1.82) is 0 Å². The number of anilines is 1. The first-order valence-electron chi connectivity index (χ1n) is 7.01. The van der Waals surface area contributed by atoms with Gasteiger partial charge < -0.3 is 4.90 Å². The molecule has 0 spiro atoms. The third kappa shape index (κ3) is 2.99. The first-order valence-corrected chi connectivity index (χ1v) is 7.01.